The van der Waals surface area contributed by atoms with Crippen molar-refractivity contribution in [3.63, 3.8) is 0 Å². The predicted molar refractivity (Wildman–Crippen MR) is 61.5 cm³/mol. The third kappa shape index (κ3) is 3.50. The van der Waals surface area contributed by atoms with Crippen LogP contribution in [0.3, 0.4) is 0 Å². The van der Waals surface area contributed by atoms with Gasteiger partial charge in [-0.15, -0.1) is 0 Å². The van der Waals surface area contributed by atoms with E-state index in [0.717, 1.165) is 18.4 Å². The van der Waals surface area contributed by atoms with Crippen LogP contribution in [0.4, 0.5) is 0 Å². The van der Waals surface area contributed by atoms with E-state index in [2.05, 4.69) is 4.72 Å². The lowest BCUT2D eigenvalue weighted by Crippen LogP contribution is -2.26. The Kier molecular flexibility index (Phi) is 3.16. The SMILES string of the molecule is O=S(=O)(CC1CC1)NCc1cccc(O)c1. The first-order chi connectivity index (χ1) is 7.55. The fourth-order valence-corrected chi connectivity index (χ4v) is 2.97. The van der Waals surface area contributed by atoms with Crippen LogP contribution in [0.15, 0.2) is 24.3 Å². The Hall–Kier alpha value is -1.07. The molecule has 2 N–H and O–H groups in total. The van der Waals surface area contributed by atoms with Crippen LogP contribution in [0.5, 0.6) is 5.75 Å². The van der Waals surface area contributed by atoms with Crippen LogP contribution in [-0.2, 0) is 16.6 Å². The summed E-state index contributed by atoms with van der Waals surface area (Å²) in [5, 5.41) is 9.22. The molecular weight excluding hydrogens is 226 g/mol. The molecule has 1 saturated carbocycles. The number of hydrogen-bond donors (Lipinski definition) is 2. The molecule has 1 aromatic carbocycles. The molecule has 5 heteroatoms. The largest absolute Gasteiger partial charge is 0.508 e. The third-order valence-electron chi connectivity index (χ3n) is 2.56. The topological polar surface area (TPSA) is 66.4 Å². The molecule has 0 heterocycles. The first kappa shape index (κ1) is 11.4. The second-order valence-corrected chi connectivity index (χ2v) is 6.07. The normalized spacial score (nSPS) is 16.2. The lowest BCUT2D eigenvalue weighted by molar-refractivity contribution is 0.474. The van der Waals surface area contributed by atoms with Crippen molar-refractivity contribution in [2.24, 2.45) is 5.92 Å². The van der Waals surface area contributed by atoms with Crippen LogP contribution in [0.1, 0.15) is 18.4 Å². The van der Waals surface area contributed by atoms with Gasteiger partial charge in [0.15, 0.2) is 0 Å². The highest BCUT2D eigenvalue weighted by atomic mass is 32.2. The van der Waals surface area contributed by atoms with Gasteiger partial charge in [-0.2, -0.15) is 0 Å². The van der Waals surface area contributed by atoms with Crippen LogP contribution in [-0.4, -0.2) is 19.3 Å². The van der Waals surface area contributed by atoms with Crippen molar-refractivity contribution in [3.8, 4) is 5.75 Å². The Bertz CT molecular complexity index is 466. The summed E-state index contributed by atoms with van der Waals surface area (Å²) >= 11 is 0. The summed E-state index contributed by atoms with van der Waals surface area (Å²) < 4.78 is 25.7. The number of phenolic OH excluding ortho intramolecular Hbond substituents is 1. The molecule has 0 atom stereocenters. The highest BCUT2D eigenvalue weighted by Gasteiger charge is 2.27. The molecule has 0 bridgehead atoms. The molecule has 0 saturated heterocycles. The first-order valence-corrected chi connectivity index (χ1v) is 6.96. The fourth-order valence-electron chi connectivity index (χ4n) is 1.51. The Labute approximate surface area is 95.4 Å². The van der Waals surface area contributed by atoms with Crippen LogP contribution in [0, 0.1) is 5.92 Å². The molecule has 0 amide bonds. The molecule has 0 aromatic heterocycles. The molecule has 0 aliphatic heterocycles. The van der Waals surface area contributed by atoms with Gasteiger partial charge in [0.1, 0.15) is 5.75 Å². The zero-order chi connectivity index (χ0) is 11.6. The maximum atomic E-state index is 11.6. The quantitative estimate of drug-likeness (QED) is 0.814. The zero-order valence-electron chi connectivity index (χ0n) is 8.89. The highest BCUT2D eigenvalue weighted by molar-refractivity contribution is 7.89. The van der Waals surface area contributed by atoms with Gasteiger partial charge in [0.05, 0.1) is 5.75 Å². The Morgan fingerprint density at radius 1 is 1.38 bits per heavy atom. The summed E-state index contributed by atoms with van der Waals surface area (Å²) in [6, 6.07) is 6.58. The minimum atomic E-state index is -3.16. The number of benzene rings is 1. The summed E-state index contributed by atoms with van der Waals surface area (Å²) in [5.74, 6) is 0.729. The maximum absolute atomic E-state index is 11.6. The van der Waals surface area contributed by atoms with Crippen molar-refractivity contribution in [1.82, 2.24) is 4.72 Å². The minimum absolute atomic E-state index is 0.152. The number of hydrogen-bond acceptors (Lipinski definition) is 3. The summed E-state index contributed by atoms with van der Waals surface area (Å²) in [5.41, 5.74) is 0.763. The molecule has 88 valence electrons. The number of aromatic hydroxyl groups is 1. The summed E-state index contributed by atoms with van der Waals surface area (Å²) in [7, 11) is -3.16. The van der Waals surface area contributed by atoms with E-state index >= 15 is 0 Å². The van der Waals surface area contributed by atoms with Gasteiger partial charge in [0.25, 0.3) is 0 Å². The van der Waals surface area contributed by atoms with E-state index < -0.39 is 10.0 Å². The molecule has 2 rings (SSSR count). The molecule has 1 aromatic rings. The number of sulfonamides is 1. The van der Waals surface area contributed by atoms with Gasteiger partial charge in [-0.1, -0.05) is 12.1 Å². The minimum Gasteiger partial charge on any atom is -0.508 e. The second kappa shape index (κ2) is 4.43. The molecule has 0 unspecified atom stereocenters. The maximum Gasteiger partial charge on any atom is 0.212 e. The monoisotopic (exact) mass is 241 g/mol. The van der Waals surface area contributed by atoms with Crippen molar-refractivity contribution in [2.45, 2.75) is 19.4 Å². The van der Waals surface area contributed by atoms with Crippen LogP contribution < -0.4 is 4.72 Å². The van der Waals surface area contributed by atoms with Crippen LogP contribution in [0.25, 0.3) is 0 Å². The Morgan fingerprint density at radius 3 is 2.75 bits per heavy atom. The van der Waals surface area contributed by atoms with Crippen molar-refractivity contribution < 1.29 is 13.5 Å². The van der Waals surface area contributed by atoms with E-state index in [1.54, 1.807) is 24.3 Å². The predicted octanol–water partition coefficient (Wildman–Crippen LogP) is 1.22. The van der Waals surface area contributed by atoms with Crippen LogP contribution in [0.2, 0.25) is 0 Å². The van der Waals surface area contributed by atoms with E-state index in [1.165, 1.54) is 0 Å². The summed E-state index contributed by atoms with van der Waals surface area (Å²) in [6.45, 7) is 0.240. The second-order valence-electron chi connectivity index (χ2n) is 4.22. The van der Waals surface area contributed by atoms with Crippen molar-refractivity contribution in [2.75, 3.05) is 5.75 Å². The average molecular weight is 241 g/mol. The van der Waals surface area contributed by atoms with Gasteiger partial charge in [-0.05, 0) is 36.5 Å². The van der Waals surface area contributed by atoms with Gasteiger partial charge in [-0.25, -0.2) is 13.1 Å². The molecule has 1 fully saturated rings. The summed E-state index contributed by atoms with van der Waals surface area (Å²) in [6.07, 6.45) is 2.04. The Morgan fingerprint density at radius 2 is 2.12 bits per heavy atom. The molecular formula is C11H15NO3S. The summed E-state index contributed by atoms with van der Waals surface area (Å²) in [4.78, 5) is 0. The number of rotatable bonds is 5. The van der Waals surface area contributed by atoms with Gasteiger partial charge in [-0.3, -0.25) is 0 Å². The van der Waals surface area contributed by atoms with Crippen molar-refractivity contribution >= 4 is 10.0 Å². The number of phenols is 1. The van der Waals surface area contributed by atoms with Gasteiger partial charge >= 0.3 is 0 Å². The van der Waals surface area contributed by atoms with E-state index in [1.807, 2.05) is 0 Å². The molecule has 0 spiro atoms. The molecule has 1 aliphatic carbocycles. The van der Waals surface area contributed by atoms with E-state index in [0.29, 0.717) is 5.92 Å². The zero-order valence-corrected chi connectivity index (χ0v) is 9.70. The standard InChI is InChI=1S/C11H15NO3S/c13-11-3-1-2-10(6-11)7-12-16(14,15)8-9-4-5-9/h1-3,6,9,12-13H,4-5,7-8H2. The molecule has 16 heavy (non-hydrogen) atoms. The Balaban J connectivity index is 1.90. The van der Waals surface area contributed by atoms with E-state index in [9.17, 15) is 13.5 Å². The van der Waals surface area contributed by atoms with Crippen molar-refractivity contribution in [3.05, 3.63) is 29.8 Å². The molecule has 1 aliphatic rings. The first-order valence-electron chi connectivity index (χ1n) is 5.30. The third-order valence-corrected chi connectivity index (χ3v) is 4.05. The van der Waals surface area contributed by atoms with Crippen molar-refractivity contribution in [1.29, 1.82) is 0 Å². The molecule has 0 radical (unpaired) electrons. The smallest absolute Gasteiger partial charge is 0.212 e. The average Bonchev–Trinajstić information content (AvgIpc) is 2.98. The van der Waals surface area contributed by atoms with Gasteiger partial charge in [0.2, 0.25) is 10.0 Å². The lowest BCUT2D eigenvalue weighted by atomic mass is 10.2. The lowest BCUT2D eigenvalue weighted by Gasteiger charge is -2.06. The van der Waals surface area contributed by atoms with Gasteiger partial charge in [0, 0.05) is 6.54 Å². The fraction of sp³-hybridized carbons (Fsp3) is 0.455. The molecule has 4 nitrogen and oxygen atoms in total. The number of nitrogens with one attached hydrogen (secondary N) is 1. The van der Waals surface area contributed by atoms with E-state index in [4.69, 9.17) is 0 Å². The van der Waals surface area contributed by atoms with Crippen LogP contribution >= 0.6 is 0 Å². The van der Waals surface area contributed by atoms with E-state index in [-0.39, 0.29) is 18.0 Å². The highest BCUT2D eigenvalue weighted by Crippen LogP contribution is 2.29. The van der Waals surface area contributed by atoms with Gasteiger partial charge < -0.3 is 5.11 Å².